The largest absolute Gasteiger partial charge is 0.366 e. The normalized spacial score (nSPS) is 24.7. The highest BCUT2D eigenvalue weighted by Gasteiger charge is 2.37. The van der Waals surface area contributed by atoms with Crippen molar-refractivity contribution in [3.63, 3.8) is 0 Å². The summed E-state index contributed by atoms with van der Waals surface area (Å²) in [5.74, 6) is -0.115. The van der Waals surface area contributed by atoms with Crippen molar-refractivity contribution in [1.82, 2.24) is 15.1 Å². The molecule has 0 aromatic rings. The number of rotatable bonds is 5. The maximum Gasteiger partial charge on any atom is 0.320 e. The van der Waals surface area contributed by atoms with Gasteiger partial charge in [0, 0.05) is 37.8 Å². The Morgan fingerprint density at radius 1 is 1.57 bits per heavy atom. The summed E-state index contributed by atoms with van der Waals surface area (Å²) in [4.78, 5) is 28.0. The van der Waals surface area contributed by atoms with Gasteiger partial charge in [0.15, 0.2) is 0 Å². The van der Waals surface area contributed by atoms with Gasteiger partial charge in [0.1, 0.15) is 6.61 Å². The second kappa shape index (κ2) is 7.29. The molecule has 2 saturated heterocycles. The molecule has 2 atom stereocenters. The van der Waals surface area contributed by atoms with Gasteiger partial charge in [-0.3, -0.25) is 4.79 Å². The maximum atomic E-state index is 12.9. The van der Waals surface area contributed by atoms with Crippen LogP contribution in [0.3, 0.4) is 0 Å². The van der Waals surface area contributed by atoms with E-state index in [2.05, 4.69) is 5.32 Å². The van der Waals surface area contributed by atoms with E-state index in [1.54, 1.807) is 4.90 Å². The molecule has 2 aliphatic heterocycles. The van der Waals surface area contributed by atoms with E-state index in [-0.39, 0.29) is 36.1 Å². The number of morpholine rings is 1. The zero-order valence-corrected chi connectivity index (χ0v) is 14.3. The molecule has 0 saturated carbocycles. The summed E-state index contributed by atoms with van der Waals surface area (Å²) in [6.07, 6.45) is 3.02. The number of ether oxygens (including phenoxy) is 1. The summed E-state index contributed by atoms with van der Waals surface area (Å²) in [7, 11) is 0. The fraction of sp³-hybridized carbons (Fsp3) is 0.812. The van der Waals surface area contributed by atoms with Crippen LogP contribution in [0.15, 0.2) is 0 Å². The molecule has 7 heteroatoms. The summed E-state index contributed by atoms with van der Waals surface area (Å²) in [5.41, 5.74) is -0.342. The summed E-state index contributed by atoms with van der Waals surface area (Å²) < 4.78 is 5.53. The van der Waals surface area contributed by atoms with Crippen molar-refractivity contribution in [1.29, 1.82) is 5.41 Å². The standard InChI is InChI=1S/C16H28N4O3/c1-4-6-20(11-16(2,3)10-17)15(22)19-7-5-13-12(8-19)18-14(21)9-23-13/h10,12-13,17H,4-9,11H2,1-3H3,(H,18,21). The van der Waals surface area contributed by atoms with Gasteiger partial charge in [0.05, 0.1) is 12.1 Å². The number of carbonyl (C=O) groups excluding carboxylic acids is 2. The number of amides is 3. The molecule has 130 valence electrons. The molecule has 2 N–H and O–H groups in total. The number of fused-ring (bicyclic) bond motifs is 1. The average molecular weight is 324 g/mol. The molecule has 2 heterocycles. The van der Waals surface area contributed by atoms with Crippen LogP contribution in [0.1, 0.15) is 33.6 Å². The zero-order chi connectivity index (χ0) is 17.0. The lowest BCUT2D eigenvalue weighted by Crippen LogP contribution is -2.62. The first-order valence-corrected chi connectivity index (χ1v) is 8.32. The van der Waals surface area contributed by atoms with Gasteiger partial charge in [0.25, 0.3) is 0 Å². The van der Waals surface area contributed by atoms with Gasteiger partial charge in [-0.1, -0.05) is 20.8 Å². The predicted molar refractivity (Wildman–Crippen MR) is 87.7 cm³/mol. The van der Waals surface area contributed by atoms with Crippen LogP contribution in [-0.4, -0.2) is 72.9 Å². The van der Waals surface area contributed by atoms with E-state index >= 15 is 0 Å². The lowest BCUT2D eigenvalue weighted by atomic mass is 9.94. The van der Waals surface area contributed by atoms with Gasteiger partial charge in [-0.15, -0.1) is 0 Å². The van der Waals surface area contributed by atoms with E-state index < -0.39 is 0 Å². The minimum absolute atomic E-state index is 0.00870. The van der Waals surface area contributed by atoms with E-state index in [0.717, 1.165) is 12.8 Å². The Kier molecular flexibility index (Phi) is 5.62. The Morgan fingerprint density at radius 3 is 2.96 bits per heavy atom. The highest BCUT2D eigenvalue weighted by molar-refractivity contribution is 5.79. The zero-order valence-electron chi connectivity index (χ0n) is 14.3. The lowest BCUT2D eigenvalue weighted by Gasteiger charge is -2.43. The third-order valence-electron chi connectivity index (χ3n) is 4.35. The number of carbonyl (C=O) groups is 2. The van der Waals surface area contributed by atoms with Crippen molar-refractivity contribution in [3.05, 3.63) is 0 Å². The van der Waals surface area contributed by atoms with Crippen LogP contribution in [0, 0.1) is 10.8 Å². The number of urea groups is 1. The van der Waals surface area contributed by atoms with Gasteiger partial charge in [-0.05, 0) is 12.8 Å². The van der Waals surface area contributed by atoms with Crippen molar-refractivity contribution >= 4 is 18.2 Å². The van der Waals surface area contributed by atoms with Crippen LogP contribution < -0.4 is 5.32 Å². The first kappa shape index (κ1) is 17.7. The Morgan fingerprint density at radius 2 is 2.30 bits per heavy atom. The van der Waals surface area contributed by atoms with E-state index in [1.165, 1.54) is 6.21 Å². The SMILES string of the molecule is CCCN(CC(C)(C)C=N)C(=O)N1CCC2OCC(=O)NC2C1. The fourth-order valence-corrected chi connectivity index (χ4v) is 3.12. The Bertz CT molecular complexity index is 466. The molecule has 2 rings (SSSR count). The predicted octanol–water partition coefficient (Wildman–Crippen LogP) is 1.08. The van der Waals surface area contributed by atoms with Crippen molar-refractivity contribution in [2.75, 3.05) is 32.8 Å². The number of hydrogen-bond acceptors (Lipinski definition) is 4. The molecule has 0 aromatic carbocycles. The van der Waals surface area contributed by atoms with Crippen LogP contribution in [0.5, 0.6) is 0 Å². The van der Waals surface area contributed by atoms with E-state index in [0.29, 0.717) is 26.2 Å². The highest BCUT2D eigenvalue weighted by Crippen LogP contribution is 2.21. The minimum atomic E-state index is -0.342. The summed E-state index contributed by atoms with van der Waals surface area (Å²) in [6.45, 7) is 8.39. The van der Waals surface area contributed by atoms with Crippen LogP contribution in [0.25, 0.3) is 0 Å². The van der Waals surface area contributed by atoms with Gasteiger partial charge in [-0.2, -0.15) is 0 Å². The molecule has 2 unspecified atom stereocenters. The van der Waals surface area contributed by atoms with Gasteiger partial charge in [-0.25, -0.2) is 4.79 Å². The van der Waals surface area contributed by atoms with Gasteiger partial charge >= 0.3 is 6.03 Å². The van der Waals surface area contributed by atoms with Crippen molar-refractivity contribution in [2.45, 2.75) is 45.8 Å². The summed E-state index contributed by atoms with van der Waals surface area (Å²) in [6, 6.07) is -0.131. The number of likely N-dealkylation sites (tertiary alicyclic amines) is 1. The van der Waals surface area contributed by atoms with Gasteiger partial charge in [0.2, 0.25) is 5.91 Å². The highest BCUT2D eigenvalue weighted by atomic mass is 16.5. The molecule has 3 amide bonds. The average Bonchev–Trinajstić information content (AvgIpc) is 2.53. The smallest absolute Gasteiger partial charge is 0.320 e. The Labute approximate surface area is 137 Å². The van der Waals surface area contributed by atoms with E-state index in [1.807, 2.05) is 25.7 Å². The monoisotopic (exact) mass is 324 g/mol. The molecule has 0 radical (unpaired) electrons. The van der Waals surface area contributed by atoms with Crippen LogP contribution in [0.2, 0.25) is 0 Å². The molecule has 0 bridgehead atoms. The van der Waals surface area contributed by atoms with E-state index in [9.17, 15) is 9.59 Å². The third kappa shape index (κ3) is 4.43. The molecule has 0 aliphatic carbocycles. The molecular formula is C16H28N4O3. The van der Waals surface area contributed by atoms with Crippen LogP contribution >= 0.6 is 0 Å². The minimum Gasteiger partial charge on any atom is -0.366 e. The van der Waals surface area contributed by atoms with Gasteiger partial charge < -0.3 is 25.3 Å². The molecule has 23 heavy (non-hydrogen) atoms. The van der Waals surface area contributed by atoms with Crippen molar-refractivity contribution in [3.8, 4) is 0 Å². The van der Waals surface area contributed by atoms with Crippen molar-refractivity contribution < 1.29 is 14.3 Å². The topological polar surface area (TPSA) is 85.7 Å². The van der Waals surface area contributed by atoms with Crippen LogP contribution in [0.4, 0.5) is 4.79 Å². The van der Waals surface area contributed by atoms with E-state index in [4.69, 9.17) is 10.1 Å². The number of hydrogen-bond donors (Lipinski definition) is 2. The Hall–Kier alpha value is -1.63. The molecule has 7 nitrogen and oxygen atoms in total. The first-order chi connectivity index (χ1) is 10.9. The molecule has 2 fully saturated rings. The number of nitrogens with zero attached hydrogens (tertiary/aromatic N) is 2. The van der Waals surface area contributed by atoms with Crippen molar-refractivity contribution in [2.24, 2.45) is 5.41 Å². The first-order valence-electron chi connectivity index (χ1n) is 8.32. The maximum absolute atomic E-state index is 12.9. The molecule has 0 aromatic heterocycles. The quantitative estimate of drug-likeness (QED) is 0.742. The lowest BCUT2D eigenvalue weighted by molar-refractivity contribution is -0.139. The second-order valence-electron chi connectivity index (χ2n) is 7.10. The van der Waals surface area contributed by atoms with Crippen LogP contribution in [-0.2, 0) is 9.53 Å². The number of piperidine rings is 1. The summed E-state index contributed by atoms with van der Waals surface area (Å²) in [5, 5.41) is 10.4. The molecular weight excluding hydrogens is 296 g/mol. The third-order valence-corrected chi connectivity index (χ3v) is 4.35. The Balaban J connectivity index is 2.01. The fourth-order valence-electron chi connectivity index (χ4n) is 3.12. The second-order valence-corrected chi connectivity index (χ2v) is 7.10. The molecule has 0 spiro atoms. The summed E-state index contributed by atoms with van der Waals surface area (Å²) >= 11 is 0. The molecule has 2 aliphatic rings. The number of nitrogens with one attached hydrogen (secondary N) is 2.